The fraction of sp³-hybridized carbons (Fsp3) is 0.278. The van der Waals surface area contributed by atoms with Crippen LogP contribution in [0.4, 0.5) is 0 Å². The molecule has 0 aromatic heterocycles. The SMILES string of the molecule is COCc1ccc(C(=O)NC[C@@H](O)c2c(Cl)cccc2Cl)cc1OC. The average Bonchev–Trinajstić information content (AvgIpc) is 2.60. The number of rotatable bonds is 7. The second kappa shape index (κ2) is 9.06. The highest BCUT2D eigenvalue weighted by Crippen LogP contribution is 2.30. The molecule has 0 spiro atoms. The van der Waals surface area contributed by atoms with Crippen LogP contribution in [-0.2, 0) is 11.3 Å². The summed E-state index contributed by atoms with van der Waals surface area (Å²) in [5, 5.41) is 13.6. The zero-order chi connectivity index (χ0) is 18.4. The summed E-state index contributed by atoms with van der Waals surface area (Å²) in [6.07, 6.45) is -1.01. The molecule has 2 rings (SSSR count). The van der Waals surface area contributed by atoms with Crippen molar-refractivity contribution in [2.45, 2.75) is 12.7 Å². The molecule has 0 radical (unpaired) electrons. The number of carbonyl (C=O) groups excluding carboxylic acids is 1. The van der Waals surface area contributed by atoms with Crippen molar-refractivity contribution in [2.75, 3.05) is 20.8 Å². The highest BCUT2D eigenvalue weighted by atomic mass is 35.5. The highest BCUT2D eigenvalue weighted by Gasteiger charge is 2.17. The molecule has 2 N–H and O–H groups in total. The summed E-state index contributed by atoms with van der Waals surface area (Å²) in [4.78, 5) is 12.3. The number of amides is 1. The first-order chi connectivity index (χ1) is 12.0. The Hall–Kier alpha value is -1.79. The Morgan fingerprint density at radius 3 is 2.48 bits per heavy atom. The van der Waals surface area contributed by atoms with Gasteiger partial charge in [0.2, 0.25) is 0 Å². The van der Waals surface area contributed by atoms with Crippen molar-refractivity contribution in [1.82, 2.24) is 5.32 Å². The molecule has 134 valence electrons. The van der Waals surface area contributed by atoms with Gasteiger partial charge in [0, 0.05) is 40.4 Å². The third-order valence-electron chi connectivity index (χ3n) is 3.64. The fourth-order valence-electron chi connectivity index (χ4n) is 2.38. The molecule has 0 bridgehead atoms. The van der Waals surface area contributed by atoms with Crippen molar-refractivity contribution in [2.24, 2.45) is 0 Å². The van der Waals surface area contributed by atoms with E-state index >= 15 is 0 Å². The van der Waals surface area contributed by atoms with E-state index in [-0.39, 0.29) is 12.5 Å². The van der Waals surface area contributed by atoms with Crippen LogP contribution in [0.5, 0.6) is 5.75 Å². The molecule has 7 heteroatoms. The number of aliphatic hydroxyl groups excluding tert-OH is 1. The molecular weight excluding hydrogens is 365 g/mol. The predicted octanol–water partition coefficient (Wildman–Crippen LogP) is 3.61. The van der Waals surface area contributed by atoms with Gasteiger partial charge in [0.1, 0.15) is 5.75 Å². The first kappa shape index (κ1) is 19.5. The number of halogens is 2. The lowest BCUT2D eigenvalue weighted by atomic mass is 10.1. The monoisotopic (exact) mass is 383 g/mol. The van der Waals surface area contributed by atoms with Crippen LogP contribution in [0.15, 0.2) is 36.4 Å². The third-order valence-corrected chi connectivity index (χ3v) is 4.30. The van der Waals surface area contributed by atoms with Gasteiger partial charge in [-0.3, -0.25) is 4.79 Å². The maximum Gasteiger partial charge on any atom is 0.251 e. The Labute approximate surface area is 156 Å². The van der Waals surface area contributed by atoms with E-state index in [1.165, 1.54) is 7.11 Å². The maximum absolute atomic E-state index is 12.3. The summed E-state index contributed by atoms with van der Waals surface area (Å²) in [6, 6.07) is 10.0. The van der Waals surface area contributed by atoms with E-state index in [0.29, 0.717) is 33.5 Å². The largest absolute Gasteiger partial charge is 0.496 e. The minimum Gasteiger partial charge on any atom is -0.496 e. The van der Waals surface area contributed by atoms with Crippen molar-refractivity contribution in [3.05, 3.63) is 63.1 Å². The summed E-state index contributed by atoms with van der Waals surface area (Å²) < 4.78 is 10.4. The molecule has 25 heavy (non-hydrogen) atoms. The van der Waals surface area contributed by atoms with E-state index in [1.807, 2.05) is 0 Å². The van der Waals surface area contributed by atoms with Gasteiger partial charge in [0.05, 0.1) is 19.8 Å². The van der Waals surface area contributed by atoms with Crippen LogP contribution in [0.2, 0.25) is 10.0 Å². The van der Waals surface area contributed by atoms with Crippen molar-refractivity contribution in [3.63, 3.8) is 0 Å². The molecule has 5 nitrogen and oxygen atoms in total. The molecule has 0 fully saturated rings. The third kappa shape index (κ3) is 4.86. The number of nitrogens with one attached hydrogen (secondary N) is 1. The van der Waals surface area contributed by atoms with Crippen LogP contribution in [-0.4, -0.2) is 31.8 Å². The van der Waals surface area contributed by atoms with Gasteiger partial charge >= 0.3 is 0 Å². The summed E-state index contributed by atoms with van der Waals surface area (Å²) in [7, 11) is 3.11. The minimum atomic E-state index is -1.01. The van der Waals surface area contributed by atoms with Crippen molar-refractivity contribution in [1.29, 1.82) is 0 Å². The predicted molar refractivity (Wildman–Crippen MR) is 97.5 cm³/mol. The molecular formula is C18H19Cl2NO4. The highest BCUT2D eigenvalue weighted by molar-refractivity contribution is 6.36. The molecule has 2 aromatic rings. The zero-order valence-corrected chi connectivity index (χ0v) is 15.4. The topological polar surface area (TPSA) is 67.8 Å². The summed E-state index contributed by atoms with van der Waals surface area (Å²) in [6.45, 7) is 0.360. The van der Waals surface area contributed by atoms with Crippen molar-refractivity contribution >= 4 is 29.1 Å². The van der Waals surface area contributed by atoms with Gasteiger partial charge < -0.3 is 19.9 Å². The van der Waals surface area contributed by atoms with Crippen LogP contribution >= 0.6 is 23.2 Å². The van der Waals surface area contributed by atoms with E-state index in [1.54, 1.807) is 43.5 Å². The standard InChI is InChI=1S/C18H19Cl2NO4/c1-24-10-12-7-6-11(8-16(12)25-2)18(23)21-9-15(22)17-13(19)4-3-5-14(17)20/h3-8,15,22H,9-10H2,1-2H3,(H,21,23)/t15-/m1/s1. The lowest BCUT2D eigenvalue weighted by Crippen LogP contribution is -2.28. The number of carbonyl (C=O) groups is 1. The zero-order valence-electron chi connectivity index (χ0n) is 13.9. The van der Waals surface area contributed by atoms with Gasteiger partial charge in [0.25, 0.3) is 5.91 Å². The van der Waals surface area contributed by atoms with Crippen LogP contribution < -0.4 is 10.1 Å². The van der Waals surface area contributed by atoms with E-state index < -0.39 is 6.10 Å². The first-order valence-electron chi connectivity index (χ1n) is 7.54. The minimum absolute atomic E-state index is 0.0234. The molecule has 1 atom stereocenters. The molecule has 0 aliphatic heterocycles. The second-order valence-corrected chi connectivity index (χ2v) is 6.14. The maximum atomic E-state index is 12.3. The van der Waals surface area contributed by atoms with E-state index in [4.69, 9.17) is 32.7 Å². The van der Waals surface area contributed by atoms with E-state index in [2.05, 4.69) is 5.32 Å². The lowest BCUT2D eigenvalue weighted by Gasteiger charge is -2.16. The Morgan fingerprint density at radius 1 is 1.20 bits per heavy atom. The molecule has 0 unspecified atom stereocenters. The lowest BCUT2D eigenvalue weighted by molar-refractivity contribution is 0.0916. The number of ether oxygens (including phenoxy) is 2. The molecule has 0 saturated heterocycles. The average molecular weight is 384 g/mol. The van der Waals surface area contributed by atoms with Crippen molar-refractivity contribution in [3.8, 4) is 5.75 Å². The van der Waals surface area contributed by atoms with Crippen molar-refractivity contribution < 1.29 is 19.4 Å². The van der Waals surface area contributed by atoms with Crippen LogP contribution in [0.25, 0.3) is 0 Å². The first-order valence-corrected chi connectivity index (χ1v) is 8.29. The molecule has 1 amide bonds. The summed E-state index contributed by atoms with van der Waals surface area (Å²) in [5.41, 5.74) is 1.64. The number of hydrogen-bond donors (Lipinski definition) is 2. The van der Waals surface area contributed by atoms with E-state index in [0.717, 1.165) is 5.56 Å². The molecule has 0 aliphatic carbocycles. The van der Waals surface area contributed by atoms with Gasteiger partial charge in [-0.05, 0) is 24.3 Å². The summed E-state index contributed by atoms with van der Waals surface area (Å²) >= 11 is 12.1. The van der Waals surface area contributed by atoms with E-state index in [9.17, 15) is 9.90 Å². The molecule has 0 heterocycles. The smallest absolute Gasteiger partial charge is 0.251 e. The van der Waals surface area contributed by atoms with Gasteiger partial charge in [-0.15, -0.1) is 0 Å². The van der Waals surface area contributed by atoms with Gasteiger partial charge in [0.15, 0.2) is 0 Å². The Balaban J connectivity index is 2.07. The number of methoxy groups -OCH3 is 2. The normalized spacial score (nSPS) is 11.9. The molecule has 2 aromatic carbocycles. The van der Waals surface area contributed by atoms with Crippen LogP contribution in [0.3, 0.4) is 0 Å². The Morgan fingerprint density at radius 2 is 1.88 bits per heavy atom. The van der Waals surface area contributed by atoms with Crippen LogP contribution in [0, 0.1) is 0 Å². The van der Waals surface area contributed by atoms with Gasteiger partial charge in [-0.1, -0.05) is 35.3 Å². The Bertz CT molecular complexity index is 732. The Kier molecular flexibility index (Phi) is 7.08. The summed E-state index contributed by atoms with van der Waals surface area (Å²) in [5.74, 6) is 0.216. The van der Waals surface area contributed by atoms with Gasteiger partial charge in [-0.25, -0.2) is 0 Å². The van der Waals surface area contributed by atoms with Gasteiger partial charge in [-0.2, -0.15) is 0 Å². The molecule has 0 aliphatic rings. The molecule has 0 saturated carbocycles. The van der Waals surface area contributed by atoms with Crippen LogP contribution in [0.1, 0.15) is 27.6 Å². The quantitative estimate of drug-likeness (QED) is 0.765. The number of aliphatic hydroxyl groups is 1. The number of hydrogen-bond acceptors (Lipinski definition) is 4. The number of benzene rings is 2. The fourth-order valence-corrected chi connectivity index (χ4v) is 3.03. The second-order valence-electron chi connectivity index (χ2n) is 5.32.